The quantitative estimate of drug-likeness (QED) is 0.335. The summed E-state index contributed by atoms with van der Waals surface area (Å²) in [7, 11) is 0. The van der Waals surface area contributed by atoms with Crippen molar-refractivity contribution >= 4 is 56.4 Å². The van der Waals surface area contributed by atoms with Crippen LogP contribution in [0.5, 0.6) is 0 Å². The van der Waals surface area contributed by atoms with E-state index in [0.717, 1.165) is 13.0 Å². The number of nitrogens with zero attached hydrogens (tertiary/aromatic N) is 1. The van der Waals surface area contributed by atoms with E-state index >= 15 is 0 Å². The number of anilines is 1. The van der Waals surface area contributed by atoms with Crippen molar-refractivity contribution in [1.82, 2.24) is 0 Å². The van der Waals surface area contributed by atoms with E-state index in [1.807, 2.05) is 0 Å². The van der Waals surface area contributed by atoms with Gasteiger partial charge in [-0.15, -0.1) is 0 Å². The molecule has 0 fully saturated rings. The number of allylic oxidation sites excluding steroid dienone is 4. The Morgan fingerprint density at radius 2 is 1.90 bits per heavy atom. The van der Waals surface area contributed by atoms with E-state index in [1.165, 1.54) is 44.1 Å². The van der Waals surface area contributed by atoms with Crippen molar-refractivity contribution in [2.24, 2.45) is 0 Å². The predicted octanol–water partition coefficient (Wildman–Crippen LogP) is 5.80. The van der Waals surface area contributed by atoms with Crippen LogP contribution in [0.1, 0.15) is 24.8 Å². The van der Waals surface area contributed by atoms with Crippen LogP contribution in [0.15, 0.2) is 48.7 Å². The van der Waals surface area contributed by atoms with E-state index in [9.17, 15) is 0 Å². The van der Waals surface area contributed by atoms with Gasteiger partial charge in [0.2, 0.25) is 0 Å². The summed E-state index contributed by atoms with van der Waals surface area (Å²) in [4.78, 5) is 2.36. The number of hydrogen-bond donors (Lipinski definition) is 0. The van der Waals surface area contributed by atoms with Crippen molar-refractivity contribution in [3.8, 4) is 0 Å². The van der Waals surface area contributed by atoms with E-state index in [2.05, 4.69) is 99.3 Å². The molecule has 0 saturated heterocycles. The van der Waals surface area contributed by atoms with Gasteiger partial charge in [0.15, 0.2) is 0 Å². The lowest BCUT2D eigenvalue weighted by Gasteiger charge is -2.28. The third-order valence-corrected chi connectivity index (χ3v) is 5.08. The summed E-state index contributed by atoms with van der Waals surface area (Å²) in [6, 6.07) is 8.67. The molecule has 0 N–H and O–H groups in total. The summed E-state index contributed by atoms with van der Waals surface area (Å²) in [5.41, 5.74) is 5.15. The zero-order chi connectivity index (χ0) is 15.1. The van der Waals surface area contributed by atoms with Gasteiger partial charge in [0.1, 0.15) is 0 Å². The molecule has 0 saturated carbocycles. The number of hydrogen-bond acceptors (Lipinski definition) is 1. The van der Waals surface area contributed by atoms with Gasteiger partial charge in [0, 0.05) is 28.4 Å². The van der Waals surface area contributed by atoms with E-state index in [-0.39, 0.29) is 0 Å². The maximum atomic E-state index is 3.90. The standard InChI is InChI=1S/C18H20I2N/c1-2-15(7-5-11-19)16-10-14-21(13-6-12-20)18-9-4-3-8-17(16)18/h3-4,8-10,14H,1,5-7,11-13H2. The minimum absolute atomic E-state index is 1.05. The maximum absolute atomic E-state index is 3.90. The van der Waals surface area contributed by atoms with Gasteiger partial charge in [-0.05, 0) is 53.1 Å². The first kappa shape index (κ1) is 17.1. The molecule has 1 heterocycles. The fourth-order valence-electron chi connectivity index (χ4n) is 2.54. The summed E-state index contributed by atoms with van der Waals surface area (Å²) in [6.07, 6.45) is 11.0. The Balaban J connectivity index is 2.38. The summed E-state index contributed by atoms with van der Waals surface area (Å²) in [5.74, 6) is 0. The van der Waals surface area contributed by atoms with Gasteiger partial charge in [0.05, 0.1) is 0 Å². The van der Waals surface area contributed by atoms with Crippen LogP contribution < -0.4 is 4.90 Å². The molecule has 3 heteroatoms. The molecule has 21 heavy (non-hydrogen) atoms. The lowest BCUT2D eigenvalue weighted by molar-refractivity contribution is 0.891. The van der Waals surface area contributed by atoms with Gasteiger partial charge in [-0.1, -0.05) is 70.0 Å². The fourth-order valence-corrected chi connectivity index (χ4v) is 3.26. The minimum Gasteiger partial charge on any atom is -0.347 e. The third-order valence-electron chi connectivity index (χ3n) is 3.56. The zero-order valence-electron chi connectivity index (χ0n) is 12.1. The van der Waals surface area contributed by atoms with E-state index in [4.69, 9.17) is 0 Å². The Hall–Kier alpha value is -0.300. The predicted molar refractivity (Wildman–Crippen MR) is 110 cm³/mol. The normalized spacial score (nSPS) is 15.8. The Bertz CT molecular complexity index is 546. The van der Waals surface area contributed by atoms with Crippen LogP contribution in [0.3, 0.4) is 0 Å². The molecule has 0 unspecified atom stereocenters. The molecule has 0 spiro atoms. The first-order valence-corrected chi connectivity index (χ1v) is 10.3. The molecular weight excluding hydrogens is 484 g/mol. The number of fused-ring (bicyclic) bond motifs is 1. The van der Waals surface area contributed by atoms with Crippen LogP contribution in [0, 0.1) is 6.08 Å². The Morgan fingerprint density at radius 3 is 2.62 bits per heavy atom. The first-order valence-electron chi connectivity index (χ1n) is 7.24. The van der Waals surface area contributed by atoms with Crippen LogP contribution in [0.4, 0.5) is 5.69 Å². The van der Waals surface area contributed by atoms with Crippen LogP contribution in [0.2, 0.25) is 0 Å². The molecule has 1 aromatic carbocycles. The molecule has 1 nitrogen and oxygen atoms in total. The van der Waals surface area contributed by atoms with Crippen molar-refractivity contribution in [2.75, 3.05) is 20.3 Å². The van der Waals surface area contributed by atoms with E-state index in [1.54, 1.807) is 0 Å². The number of halogens is 2. The van der Waals surface area contributed by atoms with Gasteiger partial charge in [-0.25, -0.2) is 0 Å². The molecule has 1 aromatic rings. The average molecular weight is 504 g/mol. The highest BCUT2D eigenvalue weighted by molar-refractivity contribution is 14.1. The number of rotatable bonds is 7. The zero-order valence-corrected chi connectivity index (χ0v) is 16.4. The maximum Gasteiger partial charge on any atom is 0.0485 e. The largest absolute Gasteiger partial charge is 0.347 e. The second kappa shape index (κ2) is 8.98. The first-order chi connectivity index (χ1) is 10.3. The second-order valence-corrected chi connectivity index (χ2v) is 7.09. The van der Waals surface area contributed by atoms with Gasteiger partial charge in [0.25, 0.3) is 0 Å². The second-order valence-electron chi connectivity index (χ2n) is 4.93. The molecular formula is C18H20I2N. The highest BCUT2D eigenvalue weighted by Gasteiger charge is 2.17. The lowest BCUT2D eigenvalue weighted by Crippen LogP contribution is -2.21. The monoisotopic (exact) mass is 504 g/mol. The van der Waals surface area contributed by atoms with Crippen molar-refractivity contribution < 1.29 is 0 Å². The summed E-state index contributed by atoms with van der Waals surface area (Å²) in [6.45, 7) is 4.97. The molecule has 2 rings (SSSR count). The molecule has 111 valence electrons. The molecule has 0 bridgehead atoms. The van der Waals surface area contributed by atoms with Gasteiger partial charge >= 0.3 is 0 Å². The average Bonchev–Trinajstić information content (AvgIpc) is 2.54. The molecule has 0 aliphatic carbocycles. The summed E-state index contributed by atoms with van der Waals surface area (Å²) in [5, 5.41) is 0. The van der Waals surface area contributed by atoms with Crippen molar-refractivity contribution in [1.29, 1.82) is 0 Å². The molecule has 0 amide bonds. The number of para-hydroxylation sites is 1. The fraction of sp³-hybridized carbons (Fsp3) is 0.333. The summed E-state index contributed by atoms with van der Waals surface area (Å²) >= 11 is 4.87. The third kappa shape index (κ3) is 4.34. The van der Waals surface area contributed by atoms with Gasteiger partial charge in [-0.2, -0.15) is 0 Å². The van der Waals surface area contributed by atoms with Crippen LogP contribution in [0.25, 0.3) is 5.57 Å². The van der Waals surface area contributed by atoms with Gasteiger partial charge < -0.3 is 4.90 Å². The minimum atomic E-state index is 1.05. The Labute approximate surface area is 155 Å². The van der Waals surface area contributed by atoms with Crippen molar-refractivity contribution in [3.63, 3.8) is 0 Å². The van der Waals surface area contributed by atoms with E-state index in [0.29, 0.717) is 0 Å². The van der Waals surface area contributed by atoms with Crippen LogP contribution in [-0.2, 0) is 0 Å². The molecule has 1 radical (unpaired) electrons. The van der Waals surface area contributed by atoms with Gasteiger partial charge in [-0.3, -0.25) is 0 Å². The van der Waals surface area contributed by atoms with Crippen molar-refractivity contribution in [2.45, 2.75) is 19.3 Å². The van der Waals surface area contributed by atoms with Crippen molar-refractivity contribution in [3.05, 3.63) is 60.3 Å². The number of benzene rings is 1. The topological polar surface area (TPSA) is 3.24 Å². The van der Waals surface area contributed by atoms with Crippen LogP contribution >= 0.6 is 45.2 Å². The summed E-state index contributed by atoms with van der Waals surface area (Å²) < 4.78 is 2.36. The molecule has 0 aromatic heterocycles. The highest BCUT2D eigenvalue weighted by atomic mass is 127. The molecule has 0 atom stereocenters. The smallest absolute Gasteiger partial charge is 0.0485 e. The lowest BCUT2D eigenvalue weighted by atomic mass is 9.93. The molecule has 1 aliphatic rings. The Kier molecular flexibility index (Phi) is 7.29. The Morgan fingerprint density at radius 1 is 1.14 bits per heavy atom. The highest BCUT2D eigenvalue weighted by Crippen LogP contribution is 2.35. The van der Waals surface area contributed by atoms with E-state index < -0.39 is 0 Å². The number of alkyl halides is 2. The SMILES string of the molecule is C=[C]C(CCCI)=C1C=CN(CCCI)c2ccccc21. The molecule has 1 aliphatic heterocycles. The van der Waals surface area contributed by atoms with Crippen LogP contribution in [-0.4, -0.2) is 15.4 Å².